The number of carbonyl (C=O) groups excluding carboxylic acids is 1. The monoisotopic (exact) mass is 379 g/mol. The number of piperidine rings is 1. The van der Waals surface area contributed by atoms with Crippen LogP contribution >= 0.6 is 0 Å². The van der Waals surface area contributed by atoms with Crippen LogP contribution in [-0.2, 0) is 16.6 Å². The van der Waals surface area contributed by atoms with E-state index in [-0.39, 0.29) is 11.3 Å². The molecule has 0 atom stereocenters. The molecule has 28 heavy (non-hydrogen) atoms. The quantitative estimate of drug-likeness (QED) is 0.863. The summed E-state index contributed by atoms with van der Waals surface area (Å²) in [5.41, 5.74) is 2.31. The number of aryl methyl sites for hydroxylation is 1. The SMILES string of the molecule is COc1cccc(C2(C(=O)N3CCC(O)(Cc4cccc(C)c4)CC3)CC2)c1. The highest BCUT2D eigenvalue weighted by Crippen LogP contribution is 2.50. The van der Waals surface area contributed by atoms with E-state index in [1.807, 2.05) is 35.2 Å². The number of likely N-dealkylation sites (tertiary alicyclic amines) is 1. The van der Waals surface area contributed by atoms with E-state index in [9.17, 15) is 9.90 Å². The number of carbonyl (C=O) groups is 1. The highest BCUT2D eigenvalue weighted by molar-refractivity contribution is 5.91. The Kier molecular flexibility index (Phi) is 4.92. The molecule has 4 rings (SSSR count). The molecule has 148 valence electrons. The number of nitrogens with zero attached hydrogens (tertiary/aromatic N) is 1. The third kappa shape index (κ3) is 3.66. The molecular formula is C24H29NO3. The van der Waals surface area contributed by atoms with Crippen molar-refractivity contribution in [3.8, 4) is 5.75 Å². The number of benzene rings is 2. The van der Waals surface area contributed by atoms with E-state index in [1.165, 1.54) is 5.56 Å². The fourth-order valence-corrected chi connectivity index (χ4v) is 4.48. The van der Waals surface area contributed by atoms with Gasteiger partial charge in [-0.15, -0.1) is 0 Å². The van der Waals surface area contributed by atoms with Crippen LogP contribution < -0.4 is 4.74 Å². The molecular weight excluding hydrogens is 350 g/mol. The summed E-state index contributed by atoms with van der Waals surface area (Å²) in [7, 11) is 1.65. The zero-order chi connectivity index (χ0) is 19.8. The van der Waals surface area contributed by atoms with E-state index >= 15 is 0 Å². The summed E-state index contributed by atoms with van der Waals surface area (Å²) < 4.78 is 5.34. The Labute approximate surface area is 167 Å². The van der Waals surface area contributed by atoms with Gasteiger partial charge in [-0.25, -0.2) is 0 Å². The number of hydrogen-bond acceptors (Lipinski definition) is 3. The molecule has 0 unspecified atom stereocenters. The number of ether oxygens (including phenoxy) is 1. The average Bonchev–Trinajstić information content (AvgIpc) is 3.50. The number of amides is 1. The topological polar surface area (TPSA) is 49.8 Å². The first-order chi connectivity index (χ1) is 13.4. The molecule has 1 amide bonds. The lowest BCUT2D eigenvalue weighted by atomic mass is 9.84. The Bertz CT molecular complexity index is 864. The molecule has 4 nitrogen and oxygen atoms in total. The van der Waals surface area contributed by atoms with Gasteiger partial charge in [0.25, 0.3) is 0 Å². The molecule has 2 aliphatic rings. The minimum Gasteiger partial charge on any atom is -0.497 e. The van der Waals surface area contributed by atoms with Crippen molar-refractivity contribution < 1.29 is 14.6 Å². The van der Waals surface area contributed by atoms with Crippen molar-refractivity contribution in [1.82, 2.24) is 4.90 Å². The van der Waals surface area contributed by atoms with Crippen LogP contribution in [0.1, 0.15) is 42.4 Å². The largest absolute Gasteiger partial charge is 0.497 e. The van der Waals surface area contributed by atoms with Crippen molar-refractivity contribution in [1.29, 1.82) is 0 Å². The summed E-state index contributed by atoms with van der Waals surface area (Å²) in [5, 5.41) is 11.1. The summed E-state index contributed by atoms with van der Waals surface area (Å²) in [5.74, 6) is 1.00. The molecule has 1 N–H and O–H groups in total. The van der Waals surface area contributed by atoms with Gasteiger partial charge in [0, 0.05) is 19.5 Å². The lowest BCUT2D eigenvalue weighted by Gasteiger charge is -2.40. The Morgan fingerprint density at radius 1 is 1.07 bits per heavy atom. The maximum absolute atomic E-state index is 13.3. The van der Waals surface area contributed by atoms with Gasteiger partial charge in [-0.2, -0.15) is 0 Å². The summed E-state index contributed by atoms with van der Waals surface area (Å²) >= 11 is 0. The van der Waals surface area contributed by atoms with Crippen molar-refractivity contribution in [2.45, 2.75) is 50.0 Å². The predicted octanol–water partition coefficient (Wildman–Crippen LogP) is 3.63. The molecule has 1 heterocycles. The average molecular weight is 380 g/mol. The van der Waals surface area contributed by atoms with E-state index in [2.05, 4.69) is 25.1 Å². The Morgan fingerprint density at radius 3 is 2.43 bits per heavy atom. The van der Waals surface area contributed by atoms with Gasteiger partial charge in [-0.3, -0.25) is 4.79 Å². The van der Waals surface area contributed by atoms with Crippen molar-refractivity contribution in [3.63, 3.8) is 0 Å². The molecule has 0 bridgehead atoms. The minimum absolute atomic E-state index is 0.207. The van der Waals surface area contributed by atoms with E-state index in [0.717, 1.165) is 29.7 Å². The standard InChI is InChI=1S/C24H29NO3/c1-18-5-3-6-19(15-18)17-23(27)11-13-25(14-12-23)22(26)24(9-10-24)20-7-4-8-21(16-20)28-2/h3-8,15-16,27H,9-14,17H2,1-2H3. The lowest BCUT2D eigenvalue weighted by Crippen LogP contribution is -2.50. The number of methoxy groups -OCH3 is 1. The predicted molar refractivity (Wildman–Crippen MR) is 110 cm³/mol. The van der Waals surface area contributed by atoms with Gasteiger partial charge in [-0.1, -0.05) is 42.0 Å². The summed E-state index contributed by atoms with van der Waals surface area (Å²) in [6.45, 7) is 3.31. The number of hydrogen-bond donors (Lipinski definition) is 1. The minimum atomic E-state index is -0.725. The highest BCUT2D eigenvalue weighted by atomic mass is 16.5. The van der Waals surface area contributed by atoms with Crippen LogP contribution in [0.2, 0.25) is 0 Å². The summed E-state index contributed by atoms with van der Waals surface area (Å²) in [6, 6.07) is 16.2. The molecule has 1 aliphatic heterocycles. The van der Waals surface area contributed by atoms with Crippen LogP contribution in [-0.4, -0.2) is 41.7 Å². The fourth-order valence-electron chi connectivity index (χ4n) is 4.48. The van der Waals surface area contributed by atoms with E-state index < -0.39 is 5.60 Å². The van der Waals surface area contributed by atoms with Crippen LogP contribution in [0.15, 0.2) is 48.5 Å². The first kappa shape index (κ1) is 19.0. The Morgan fingerprint density at radius 2 is 1.79 bits per heavy atom. The molecule has 0 aromatic heterocycles. The first-order valence-corrected chi connectivity index (χ1v) is 10.2. The van der Waals surface area contributed by atoms with Crippen molar-refractivity contribution in [2.75, 3.05) is 20.2 Å². The number of aliphatic hydroxyl groups is 1. The molecule has 1 saturated carbocycles. The van der Waals surface area contributed by atoms with Crippen LogP contribution in [0.25, 0.3) is 0 Å². The zero-order valence-electron chi connectivity index (χ0n) is 16.8. The summed E-state index contributed by atoms with van der Waals surface area (Å²) in [6.07, 6.45) is 3.69. The second-order valence-corrected chi connectivity index (χ2v) is 8.50. The maximum Gasteiger partial charge on any atom is 0.233 e. The van der Waals surface area contributed by atoms with E-state index in [4.69, 9.17) is 4.74 Å². The second-order valence-electron chi connectivity index (χ2n) is 8.50. The van der Waals surface area contributed by atoms with Gasteiger partial charge in [0.1, 0.15) is 5.75 Å². The molecule has 0 radical (unpaired) electrons. The van der Waals surface area contributed by atoms with Crippen LogP contribution in [0, 0.1) is 6.92 Å². The normalized spacial score (nSPS) is 19.9. The van der Waals surface area contributed by atoms with Gasteiger partial charge in [0.15, 0.2) is 0 Å². The summed E-state index contributed by atoms with van der Waals surface area (Å²) in [4.78, 5) is 15.3. The third-order valence-corrected chi connectivity index (χ3v) is 6.38. The molecule has 4 heteroatoms. The van der Waals surface area contributed by atoms with Crippen molar-refractivity contribution in [3.05, 3.63) is 65.2 Å². The van der Waals surface area contributed by atoms with Crippen molar-refractivity contribution in [2.24, 2.45) is 0 Å². The van der Waals surface area contributed by atoms with Gasteiger partial charge in [0.2, 0.25) is 5.91 Å². The molecule has 2 fully saturated rings. The van der Waals surface area contributed by atoms with E-state index in [0.29, 0.717) is 32.4 Å². The van der Waals surface area contributed by atoms with Crippen LogP contribution in [0.5, 0.6) is 5.75 Å². The van der Waals surface area contributed by atoms with Gasteiger partial charge < -0.3 is 14.7 Å². The third-order valence-electron chi connectivity index (χ3n) is 6.38. The van der Waals surface area contributed by atoms with E-state index in [1.54, 1.807) is 7.11 Å². The molecule has 0 spiro atoms. The lowest BCUT2D eigenvalue weighted by molar-refractivity contribution is -0.138. The van der Waals surface area contributed by atoms with Crippen molar-refractivity contribution >= 4 is 5.91 Å². The van der Waals surface area contributed by atoms with Crippen LogP contribution in [0.4, 0.5) is 0 Å². The van der Waals surface area contributed by atoms with Crippen LogP contribution in [0.3, 0.4) is 0 Å². The maximum atomic E-state index is 13.3. The van der Waals surface area contributed by atoms with Gasteiger partial charge in [0.05, 0.1) is 18.1 Å². The Hall–Kier alpha value is -2.33. The molecule has 1 aliphatic carbocycles. The Balaban J connectivity index is 1.42. The smallest absolute Gasteiger partial charge is 0.233 e. The first-order valence-electron chi connectivity index (χ1n) is 10.2. The second kappa shape index (κ2) is 7.25. The highest BCUT2D eigenvalue weighted by Gasteiger charge is 2.53. The molecule has 1 saturated heterocycles. The molecule has 2 aromatic carbocycles. The van der Waals surface area contributed by atoms with Gasteiger partial charge >= 0.3 is 0 Å². The zero-order valence-corrected chi connectivity index (χ0v) is 16.8. The fraction of sp³-hybridized carbons (Fsp3) is 0.458. The molecule has 2 aromatic rings. The number of rotatable bonds is 5. The van der Waals surface area contributed by atoms with Gasteiger partial charge in [-0.05, 0) is 55.9 Å².